The van der Waals surface area contributed by atoms with E-state index in [1.54, 1.807) is 18.9 Å². The van der Waals surface area contributed by atoms with Crippen molar-refractivity contribution in [3.63, 3.8) is 0 Å². The number of methoxy groups -OCH3 is 1. The molecule has 5 heteroatoms. The summed E-state index contributed by atoms with van der Waals surface area (Å²) in [6.45, 7) is 5.95. The number of ether oxygens (including phenoxy) is 2. The molecule has 26 heavy (non-hydrogen) atoms. The Balaban J connectivity index is 1.66. The fourth-order valence-electron chi connectivity index (χ4n) is 3.02. The fourth-order valence-corrected chi connectivity index (χ4v) is 4.23. The van der Waals surface area contributed by atoms with Crippen molar-refractivity contribution in [2.45, 2.75) is 49.5 Å². The van der Waals surface area contributed by atoms with E-state index >= 15 is 0 Å². The van der Waals surface area contributed by atoms with Gasteiger partial charge in [-0.1, -0.05) is 24.3 Å². The van der Waals surface area contributed by atoms with Gasteiger partial charge < -0.3 is 14.8 Å². The molecule has 1 aliphatic heterocycles. The van der Waals surface area contributed by atoms with Crippen LogP contribution in [0.25, 0.3) is 0 Å². The molecule has 2 atom stereocenters. The van der Waals surface area contributed by atoms with E-state index in [2.05, 4.69) is 17.4 Å². The summed E-state index contributed by atoms with van der Waals surface area (Å²) >= 11 is 1.64. The van der Waals surface area contributed by atoms with Gasteiger partial charge in [-0.2, -0.15) is 0 Å². The summed E-state index contributed by atoms with van der Waals surface area (Å²) < 4.78 is 11.2. The van der Waals surface area contributed by atoms with Crippen molar-refractivity contribution in [1.82, 2.24) is 5.32 Å². The second kappa shape index (κ2) is 8.04. The van der Waals surface area contributed by atoms with Crippen LogP contribution in [0.5, 0.6) is 11.5 Å². The van der Waals surface area contributed by atoms with Gasteiger partial charge in [0, 0.05) is 4.90 Å². The monoisotopic (exact) mass is 371 g/mol. The second-order valence-electron chi connectivity index (χ2n) is 6.73. The molecule has 1 N–H and O–H groups in total. The predicted octanol–water partition coefficient (Wildman–Crippen LogP) is 4.38. The van der Waals surface area contributed by atoms with Crippen LogP contribution in [0.3, 0.4) is 0 Å². The maximum Gasteiger partial charge on any atom is 0.234 e. The van der Waals surface area contributed by atoms with Crippen LogP contribution >= 0.6 is 11.8 Å². The summed E-state index contributed by atoms with van der Waals surface area (Å²) in [4.78, 5) is 13.9. The van der Waals surface area contributed by atoms with E-state index in [0.717, 1.165) is 12.0 Å². The van der Waals surface area contributed by atoms with Gasteiger partial charge in [0.25, 0.3) is 0 Å². The quantitative estimate of drug-likeness (QED) is 0.819. The lowest BCUT2D eigenvalue weighted by Gasteiger charge is -2.19. The zero-order valence-electron chi connectivity index (χ0n) is 15.6. The van der Waals surface area contributed by atoms with Crippen LogP contribution in [0.1, 0.15) is 37.9 Å². The Morgan fingerprint density at radius 1 is 1.15 bits per heavy atom. The Bertz CT molecular complexity index is 766. The van der Waals surface area contributed by atoms with Gasteiger partial charge in [-0.3, -0.25) is 4.79 Å². The van der Waals surface area contributed by atoms with Crippen molar-refractivity contribution >= 4 is 17.7 Å². The Labute approximate surface area is 159 Å². The van der Waals surface area contributed by atoms with Crippen molar-refractivity contribution in [2.24, 2.45) is 0 Å². The highest BCUT2D eigenvalue weighted by Gasteiger charge is 2.28. The molecule has 0 saturated heterocycles. The Kier molecular flexibility index (Phi) is 5.77. The lowest BCUT2D eigenvalue weighted by Crippen LogP contribution is -2.34. The molecule has 3 rings (SSSR count). The Hall–Kier alpha value is -2.14. The van der Waals surface area contributed by atoms with Crippen LogP contribution in [0.15, 0.2) is 47.4 Å². The van der Waals surface area contributed by atoms with Gasteiger partial charge in [0.1, 0.15) is 0 Å². The molecular weight excluding hydrogens is 346 g/mol. The van der Waals surface area contributed by atoms with Gasteiger partial charge in [-0.15, -0.1) is 11.8 Å². The summed E-state index contributed by atoms with van der Waals surface area (Å²) in [6.07, 6.45) is 0.858. The molecule has 1 amide bonds. The van der Waals surface area contributed by atoms with Crippen LogP contribution in [0, 0.1) is 0 Å². The largest absolute Gasteiger partial charge is 0.493 e. The SMILES string of the molecule is COc1cc(C(C)NC(=O)C2Cc3ccccc3S2)ccc1OC(C)C. The third-order valence-corrected chi connectivity index (χ3v) is 5.67. The molecule has 1 aliphatic rings. The van der Waals surface area contributed by atoms with Crippen molar-refractivity contribution in [3.8, 4) is 11.5 Å². The number of fused-ring (bicyclic) bond motifs is 1. The number of hydrogen-bond donors (Lipinski definition) is 1. The number of benzene rings is 2. The Morgan fingerprint density at radius 2 is 1.92 bits per heavy atom. The van der Waals surface area contributed by atoms with E-state index in [1.807, 2.05) is 51.1 Å². The van der Waals surface area contributed by atoms with E-state index in [0.29, 0.717) is 11.5 Å². The first-order chi connectivity index (χ1) is 12.5. The van der Waals surface area contributed by atoms with E-state index in [9.17, 15) is 4.79 Å². The molecule has 0 fully saturated rings. The molecule has 0 radical (unpaired) electrons. The molecule has 138 valence electrons. The molecule has 4 nitrogen and oxygen atoms in total. The Morgan fingerprint density at radius 3 is 2.62 bits per heavy atom. The minimum absolute atomic E-state index is 0.0692. The zero-order valence-corrected chi connectivity index (χ0v) is 16.4. The van der Waals surface area contributed by atoms with Crippen LogP contribution in [0.4, 0.5) is 0 Å². The highest BCUT2D eigenvalue weighted by atomic mass is 32.2. The van der Waals surface area contributed by atoms with Gasteiger partial charge in [-0.05, 0) is 56.5 Å². The lowest BCUT2D eigenvalue weighted by molar-refractivity contribution is -0.121. The van der Waals surface area contributed by atoms with Crippen molar-refractivity contribution in [1.29, 1.82) is 0 Å². The molecule has 2 aromatic carbocycles. The minimum atomic E-state index is -0.103. The lowest BCUT2D eigenvalue weighted by atomic mass is 10.1. The van der Waals surface area contributed by atoms with Crippen molar-refractivity contribution in [3.05, 3.63) is 53.6 Å². The molecule has 0 saturated carbocycles. The van der Waals surface area contributed by atoms with Gasteiger partial charge >= 0.3 is 0 Å². The summed E-state index contributed by atoms with van der Waals surface area (Å²) in [6, 6.07) is 13.9. The summed E-state index contributed by atoms with van der Waals surface area (Å²) in [5, 5.41) is 3.06. The van der Waals surface area contributed by atoms with E-state index in [-0.39, 0.29) is 23.3 Å². The van der Waals surface area contributed by atoms with Crippen LogP contribution in [0.2, 0.25) is 0 Å². The number of hydrogen-bond acceptors (Lipinski definition) is 4. The van der Waals surface area contributed by atoms with Gasteiger partial charge in [0.15, 0.2) is 11.5 Å². The average molecular weight is 372 g/mol. The molecule has 2 aromatic rings. The van der Waals surface area contributed by atoms with Crippen LogP contribution < -0.4 is 14.8 Å². The van der Waals surface area contributed by atoms with E-state index in [1.165, 1.54) is 10.5 Å². The van der Waals surface area contributed by atoms with Gasteiger partial charge in [-0.25, -0.2) is 0 Å². The smallest absolute Gasteiger partial charge is 0.234 e. The second-order valence-corrected chi connectivity index (χ2v) is 7.97. The predicted molar refractivity (Wildman–Crippen MR) is 105 cm³/mol. The van der Waals surface area contributed by atoms with Crippen molar-refractivity contribution < 1.29 is 14.3 Å². The molecule has 2 unspecified atom stereocenters. The van der Waals surface area contributed by atoms with Crippen molar-refractivity contribution in [2.75, 3.05) is 7.11 Å². The average Bonchev–Trinajstić information content (AvgIpc) is 3.05. The third-order valence-electron chi connectivity index (χ3n) is 4.35. The normalized spacial score (nSPS) is 16.9. The summed E-state index contributed by atoms with van der Waals surface area (Å²) in [5.74, 6) is 1.46. The fraction of sp³-hybridized carbons (Fsp3) is 0.381. The van der Waals surface area contributed by atoms with E-state index < -0.39 is 0 Å². The van der Waals surface area contributed by atoms with E-state index in [4.69, 9.17) is 9.47 Å². The molecule has 0 spiro atoms. The highest BCUT2D eigenvalue weighted by molar-refractivity contribution is 8.01. The molecular formula is C21H25NO3S. The molecule has 0 bridgehead atoms. The maximum atomic E-state index is 12.7. The first-order valence-corrected chi connectivity index (χ1v) is 9.75. The minimum Gasteiger partial charge on any atom is -0.493 e. The first kappa shape index (κ1) is 18.6. The highest BCUT2D eigenvalue weighted by Crippen LogP contribution is 2.37. The summed E-state index contributed by atoms with van der Waals surface area (Å²) in [5.41, 5.74) is 2.24. The molecule has 0 aromatic heterocycles. The number of carbonyl (C=O) groups excluding carboxylic acids is 1. The van der Waals surface area contributed by atoms with Gasteiger partial charge in [0.05, 0.1) is 24.5 Å². The standard InChI is InChI=1S/C21H25NO3S/c1-13(2)25-17-10-9-15(11-18(17)24-4)14(3)22-21(23)20-12-16-7-5-6-8-19(16)26-20/h5-11,13-14,20H,12H2,1-4H3,(H,22,23). The topological polar surface area (TPSA) is 47.6 Å². The summed E-state index contributed by atoms with van der Waals surface area (Å²) in [7, 11) is 1.63. The number of rotatable bonds is 6. The molecule has 0 aliphatic carbocycles. The number of carbonyl (C=O) groups is 1. The van der Waals surface area contributed by atoms with Crippen LogP contribution in [-0.2, 0) is 11.2 Å². The third kappa shape index (κ3) is 4.15. The zero-order chi connectivity index (χ0) is 18.7. The number of amides is 1. The van der Waals surface area contributed by atoms with Gasteiger partial charge in [0.2, 0.25) is 5.91 Å². The maximum absolute atomic E-state index is 12.7. The number of thioether (sulfide) groups is 1. The molecule has 1 heterocycles. The first-order valence-electron chi connectivity index (χ1n) is 8.87. The van der Waals surface area contributed by atoms with Crippen LogP contribution in [-0.4, -0.2) is 24.4 Å². The number of nitrogens with one attached hydrogen (secondary N) is 1.